The van der Waals surface area contributed by atoms with E-state index in [0.717, 1.165) is 16.7 Å². The van der Waals surface area contributed by atoms with Crippen molar-refractivity contribution in [1.82, 2.24) is 0 Å². The quantitative estimate of drug-likeness (QED) is 0.352. The highest BCUT2D eigenvalue weighted by atomic mass is 16.6. The molecule has 0 unspecified atom stereocenters. The van der Waals surface area contributed by atoms with Crippen molar-refractivity contribution in [3.63, 3.8) is 0 Å². The molecule has 1 N–H and O–H groups in total. The molecule has 2 aliphatic rings. The lowest BCUT2D eigenvalue weighted by Crippen LogP contribution is -2.41. The van der Waals surface area contributed by atoms with Crippen molar-refractivity contribution in [2.24, 2.45) is 5.92 Å². The van der Waals surface area contributed by atoms with Crippen LogP contribution in [0.3, 0.4) is 0 Å². The summed E-state index contributed by atoms with van der Waals surface area (Å²) in [7, 11) is 0. The summed E-state index contributed by atoms with van der Waals surface area (Å²) in [5.74, 6) is -1.82. The van der Waals surface area contributed by atoms with E-state index in [1.54, 1.807) is 36.4 Å². The maximum Gasteiger partial charge on any atom is 0.269 e. The first kappa shape index (κ1) is 22.0. The molecule has 1 heterocycles. The molecule has 0 spiro atoms. The number of carbonyl (C=O) groups is 2. The second-order valence-electron chi connectivity index (χ2n) is 9.40. The molecule has 7 heteroatoms. The van der Waals surface area contributed by atoms with Gasteiger partial charge < -0.3 is 5.11 Å². The molecule has 3 aromatic rings. The zero-order chi connectivity index (χ0) is 24.2. The van der Waals surface area contributed by atoms with E-state index in [1.807, 2.05) is 38.1 Å². The van der Waals surface area contributed by atoms with E-state index in [0.29, 0.717) is 11.3 Å². The minimum Gasteiger partial charge on any atom is -0.387 e. The van der Waals surface area contributed by atoms with Gasteiger partial charge in [0.2, 0.25) is 11.8 Å². The van der Waals surface area contributed by atoms with Crippen LogP contribution in [0.5, 0.6) is 0 Å². The molecule has 1 aliphatic heterocycles. The monoisotopic (exact) mass is 456 g/mol. The average molecular weight is 456 g/mol. The second kappa shape index (κ2) is 7.88. The predicted molar refractivity (Wildman–Crippen MR) is 126 cm³/mol. The van der Waals surface area contributed by atoms with Gasteiger partial charge in [-0.1, -0.05) is 61.0 Å². The van der Waals surface area contributed by atoms with Crippen molar-refractivity contribution < 1.29 is 19.6 Å². The molecule has 34 heavy (non-hydrogen) atoms. The van der Waals surface area contributed by atoms with E-state index in [9.17, 15) is 24.8 Å². The number of aliphatic hydroxyl groups excluding tert-OH is 1. The van der Waals surface area contributed by atoms with Crippen LogP contribution in [0.15, 0.2) is 72.8 Å². The van der Waals surface area contributed by atoms with E-state index < -0.39 is 28.3 Å². The Bertz CT molecular complexity index is 1320. The number of non-ortho nitro benzene ring substituents is 1. The summed E-state index contributed by atoms with van der Waals surface area (Å²) in [5.41, 5.74) is 2.36. The van der Waals surface area contributed by atoms with Crippen LogP contribution in [0.2, 0.25) is 0 Å². The number of aliphatic hydroxyl groups is 1. The molecule has 1 saturated heterocycles. The first-order chi connectivity index (χ1) is 16.2. The largest absolute Gasteiger partial charge is 0.387 e. The van der Waals surface area contributed by atoms with Crippen LogP contribution in [-0.4, -0.2) is 21.8 Å². The third kappa shape index (κ3) is 3.23. The van der Waals surface area contributed by atoms with Crippen molar-refractivity contribution >= 4 is 23.2 Å². The van der Waals surface area contributed by atoms with Crippen LogP contribution < -0.4 is 4.90 Å². The Kier molecular flexibility index (Phi) is 5.10. The van der Waals surface area contributed by atoms with Crippen LogP contribution in [-0.2, 0) is 15.0 Å². The van der Waals surface area contributed by atoms with Gasteiger partial charge in [0, 0.05) is 17.5 Å². The summed E-state index contributed by atoms with van der Waals surface area (Å²) in [5, 5.41) is 22.9. The number of hydrogen-bond acceptors (Lipinski definition) is 5. The SMILES string of the molecule is Cc1ccc2c(c1)[C@@H]1C(=O)N(c3ccccc3)C(=O)[C@@H]1C[C@@]2(C)[C@@H](O)c1cccc([N+](=O)[O-])c1. The average Bonchev–Trinajstić information content (AvgIpc) is 3.08. The van der Waals surface area contributed by atoms with Gasteiger partial charge in [0.25, 0.3) is 5.69 Å². The van der Waals surface area contributed by atoms with E-state index >= 15 is 0 Å². The van der Waals surface area contributed by atoms with Gasteiger partial charge in [-0.3, -0.25) is 19.7 Å². The van der Waals surface area contributed by atoms with Gasteiger partial charge in [0.15, 0.2) is 0 Å². The molecule has 7 nitrogen and oxygen atoms in total. The third-order valence-corrected chi connectivity index (χ3v) is 7.24. The maximum atomic E-state index is 13.6. The molecule has 0 bridgehead atoms. The second-order valence-corrected chi connectivity index (χ2v) is 9.40. The molecule has 172 valence electrons. The smallest absolute Gasteiger partial charge is 0.269 e. The number of nitro benzene ring substituents is 1. The third-order valence-electron chi connectivity index (χ3n) is 7.24. The molecule has 4 atom stereocenters. The lowest BCUT2D eigenvalue weighted by atomic mass is 9.60. The Morgan fingerprint density at radius 3 is 2.47 bits per heavy atom. The van der Waals surface area contributed by atoms with Crippen LogP contribution in [0.25, 0.3) is 0 Å². The summed E-state index contributed by atoms with van der Waals surface area (Å²) in [4.78, 5) is 39.2. The summed E-state index contributed by atoms with van der Waals surface area (Å²) in [6.45, 7) is 3.79. The first-order valence-corrected chi connectivity index (χ1v) is 11.2. The topological polar surface area (TPSA) is 101 Å². The van der Waals surface area contributed by atoms with E-state index in [-0.39, 0.29) is 23.9 Å². The normalized spacial score (nSPS) is 24.5. The van der Waals surface area contributed by atoms with Gasteiger partial charge in [-0.25, -0.2) is 4.90 Å². The molecule has 1 fully saturated rings. The predicted octanol–water partition coefficient (Wildman–Crippen LogP) is 4.57. The Labute approximate surface area is 196 Å². The molecule has 0 saturated carbocycles. The highest BCUT2D eigenvalue weighted by Gasteiger charge is 2.57. The Morgan fingerprint density at radius 1 is 1.03 bits per heavy atom. The number of benzene rings is 3. The Hall–Kier alpha value is -3.84. The number of para-hydroxylation sites is 1. The van der Waals surface area contributed by atoms with Crippen LogP contribution in [0.1, 0.15) is 47.6 Å². The highest BCUT2D eigenvalue weighted by Crippen LogP contribution is 2.55. The Morgan fingerprint density at radius 2 is 1.76 bits per heavy atom. The van der Waals surface area contributed by atoms with E-state index in [1.165, 1.54) is 17.0 Å². The van der Waals surface area contributed by atoms with Crippen LogP contribution in [0, 0.1) is 23.0 Å². The molecule has 0 radical (unpaired) electrons. The number of fused-ring (bicyclic) bond motifs is 3. The number of nitrogens with zero attached hydrogens (tertiary/aromatic N) is 2. The maximum absolute atomic E-state index is 13.6. The van der Waals surface area contributed by atoms with Crippen LogP contribution >= 0.6 is 0 Å². The van der Waals surface area contributed by atoms with E-state index in [4.69, 9.17) is 0 Å². The molecular weight excluding hydrogens is 432 g/mol. The zero-order valence-electron chi connectivity index (χ0n) is 18.8. The summed E-state index contributed by atoms with van der Waals surface area (Å²) in [6, 6.07) is 20.6. The lowest BCUT2D eigenvalue weighted by Gasteiger charge is -2.43. The van der Waals surface area contributed by atoms with Gasteiger partial charge >= 0.3 is 0 Å². The zero-order valence-corrected chi connectivity index (χ0v) is 18.8. The van der Waals surface area contributed by atoms with Gasteiger partial charge in [0.1, 0.15) is 0 Å². The van der Waals surface area contributed by atoms with Crippen molar-refractivity contribution in [3.05, 3.63) is 105 Å². The standard InChI is InChI=1S/C27H24N2O5/c1-16-11-12-22-20(13-16)23-21(25(31)28(26(23)32)18-8-4-3-5-9-18)15-27(22,2)24(30)17-7-6-10-19(14-17)29(33)34/h3-14,21,23-24,30H,15H2,1-2H3/t21-,23+,24+,27-/m1/s1. The highest BCUT2D eigenvalue weighted by molar-refractivity contribution is 6.24. The van der Waals surface area contributed by atoms with Gasteiger partial charge in [-0.2, -0.15) is 0 Å². The van der Waals surface area contributed by atoms with Crippen molar-refractivity contribution in [2.75, 3.05) is 4.90 Å². The summed E-state index contributed by atoms with van der Waals surface area (Å²) < 4.78 is 0. The number of nitro groups is 1. The van der Waals surface area contributed by atoms with Crippen molar-refractivity contribution in [1.29, 1.82) is 0 Å². The number of anilines is 1. The molecule has 1 aliphatic carbocycles. The fourth-order valence-electron chi connectivity index (χ4n) is 5.58. The van der Waals surface area contributed by atoms with Crippen molar-refractivity contribution in [2.45, 2.75) is 37.7 Å². The minimum atomic E-state index is -1.11. The van der Waals surface area contributed by atoms with E-state index in [2.05, 4.69) is 0 Å². The van der Waals surface area contributed by atoms with Crippen LogP contribution in [0.4, 0.5) is 11.4 Å². The molecule has 2 amide bonds. The lowest BCUT2D eigenvalue weighted by molar-refractivity contribution is -0.385. The van der Waals surface area contributed by atoms with Gasteiger partial charge in [-0.15, -0.1) is 0 Å². The van der Waals surface area contributed by atoms with Gasteiger partial charge in [-0.05, 0) is 42.2 Å². The molecule has 0 aromatic heterocycles. The number of imide groups is 1. The van der Waals surface area contributed by atoms with Gasteiger partial charge in [0.05, 0.1) is 28.6 Å². The summed E-state index contributed by atoms with van der Waals surface area (Å²) >= 11 is 0. The molecule has 5 rings (SSSR count). The Balaban J connectivity index is 1.64. The minimum absolute atomic E-state index is 0.111. The van der Waals surface area contributed by atoms with Crippen molar-refractivity contribution in [3.8, 4) is 0 Å². The number of aryl methyl sites for hydroxylation is 1. The number of rotatable bonds is 4. The number of amides is 2. The number of hydrogen-bond donors (Lipinski definition) is 1. The number of carbonyl (C=O) groups excluding carboxylic acids is 2. The molecule has 3 aromatic carbocycles. The molecular formula is C27H24N2O5. The summed E-state index contributed by atoms with van der Waals surface area (Å²) in [6.07, 6.45) is -0.866. The fraction of sp³-hybridized carbons (Fsp3) is 0.259. The first-order valence-electron chi connectivity index (χ1n) is 11.2. The fourth-order valence-corrected chi connectivity index (χ4v) is 5.58.